The number of aromatic nitrogens is 1. The molecule has 0 saturated carbocycles. The van der Waals surface area contributed by atoms with E-state index in [-0.39, 0.29) is 11.6 Å². The third-order valence-corrected chi connectivity index (χ3v) is 4.98. The molecule has 3 N–H and O–H groups in total. The molecule has 0 radical (unpaired) electrons. The zero-order valence-electron chi connectivity index (χ0n) is 18.2. The number of hydrazone groups is 1. The van der Waals surface area contributed by atoms with E-state index in [2.05, 4.69) is 15.4 Å². The van der Waals surface area contributed by atoms with Crippen LogP contribution in [0.15, 0.2) is 46.7 Å². The van der Waals surface area contributed by atoms with Crippen LogP contribution in [-0.4, -0.2) is 55.5 Å². The molecule has 0 saturated heterocycles. The number of hydrogen-bond donors (Lipinski definition) is 3. The Morgan fingerprint density at radius 3 is 2.47 bits per heavy atom. The third kappa shape index (κ3) is 5.68. The number of pyridine rings is 1. The smallest absolute Gasteiger partial charge is 0.390 e. The zero-order chi connectivity index (χ0) is 23.9. The number of nitrogens with one attached hydrogen (secondary N) is 1. The summed E-state index contributed by atoms with van der Waals surface area (Å²) in [5, 5.41) is 27.6. The summed E-state index contributed by atoms with van der Waals surface area (Å²) in [6.45, 7) is 6.94. The van der Waals surface area contributed by atoms with Crippen molar-refractivity contribution in [2.45, 2.75) is 51.5 Å². The van der Waals surface area contributed by atoms with Crippen molar-refractivity contribution >= 4 is 17.8 Å². The highest BCUT2D eigenvalue weighted by atomic mass is 19.4. The molecule has 0 bridgehead atoms. The highest BCUT2D eigenvalue weighted by Gasteiger charge is 2.36. The van der Waals surface area contributed by atoms with E-state index < -0.39 is 34.7 Å². The van der Waals surface area contributed by atoms with E-state index in [1.165, 1.54) is 19.9 Å². The van der Waals surface area contributed by atoms with E-state index in [0.29, 0.717) is 24.3 Å². The Morgan fingerprint density at radius 1 is 1.19 bits per heavy atom. The van der Waals surface area contributed by atoms with Gasteiger partial charge in [-0.1, -0.05) is 10.8 Å². The maximum Gasteiger partial charge on any atom is 0.433 e. The number of rotatable bonds is 6. The first-order valence-electron chi connectivity index (χ1n) is 10.1. The van der Waals surface area contributed by atoms with Crippen molar-refractivity contribution in [2.75, 3.05) is 6.54 Å². The van der Waals surface area contributed by atoms with Gasteiger partial charge in [0.25, 0.3) is 5.91 Å². The molecule has 0 aromatic carbocycles. The molecule has 1 atom stereocenters. The van der Waals surface area contributed by atoms with Gasteiger partial charge in [0.1, 0.15) is 23.0 Å². The molecule has 1 aliphatic heterocycles. The molecule has 1 aromatic heterocycles. The van der Waals surface area contributed by atoms with Crippen LogP contribution in [0.5, 0.6) is 0 Å². The monoisotopic (exact) mass is 451 g/mol. The summed E-state index contributed by atoms with van der Waals surface area (Å²) in [6.07, 6.45) is 0.953. The van der Waals surface area contributed by atoms with Crippen LogP contribution in [0.2, 0.25) is 0 Å². The minimum Gasteiger partial charge on any atom is -0.390 e. The van der Waals surface area contributed by atoms with Crippen molar-refractivity contribution in [3.05, 3.63) is 53.0 Å². The van der Waals surface area contributed by atoms with E-state index in [1.807, 2.05) is 6.21 Å². The van der Waals surface area contributed by atoms with Gasteiger partial charge in [-0.25, -0.2) is 4.98 Å². The van der Waals surface area contributed by atoms with Crippen LogP contribution in [0.1, 0.15) is 50.3 Å². The van der Waals surface area contributed by atoms with Crippen LogP contribution in [0.3, 0.4) is 0 Å². The van der Waals surface area contributed by atoms with Crippen molar-refractivity contribution in [3.8, 4) is 0 Å². The lowest BCUT2D eigenvalue weighted by atomic mass is 9.85. The molecule has 1 aliphatic carbocycles. The number of fused-ring (bicyclic) bond motifs is 1. The largest absolute Gasteiger partial charge is 0.433 e. The van der Waals surface area contributed by atoms with E-state index in [0.717, 1.165) is 12.1 Å². The van der Waals surface area contributed by atoms with E-state index >= 15 is 0 Å². The summed E-state index contributed by atoms with van der Waals surface area (Å²) < 4.78 is 40.5. The van der Waals surface area contributed by atoms with Crippen molar-refractivity contribution in [3.63, 3.8) is 0 Å². The van der Waals surface area contributed by atoms with Gasteiger partial charge in [0, 0.05) is 17.7 Å². The molecule has 1 unspecified atom stereocenters. The number of amides is 1. The van der Waals surface area contributed by atoms with E-state index in [9.17, 15) is 28.2 Å². The molecule has 7 nitrogen and oxygen atoms in total. The Labute approximate surface area is 183 Å². The Kier molecular flexibility index (Phi) is 6.14. The number of carbonyl (C=O) groups excluding carboxylic acids is 1. The van der Waals surface area contributed by atoms with Crippen LogP contribution in [0.25, 0.3) is 0 Å². The predicted octanol–water partition coefficient (Wildman–Crippen LogP) is 2.66. The quantitative estimate of drug-likeness (QED) is 0.580. The van der Waals surface area contributed by atoms with Gasteiger partial charge in [0.15, 0.2) is 12.8 Å². The average Bonchev–Trinajstić information content (AvgIpc) is 3.06. The number of allylic oxidation sites excluding steroid dienone is 2. The molecule has 3 rings (SSSR count). The standard InChI is InChI=1S/C22H25F3N4O3/c1-20(2,31)8-9-29-12-13-10-17(14(21(3,4)32)11-16(13)28-29)27-19(30)15-6-5-7-18(26-15)22(23,24)25/h5-7,10-13,31-32H,8-9H2,1-4H3/p+1. The molecule has 2 heterocycles. The molecule has 172 valence electrons. The lowest BCUT2D eigenvalue weighted by Crippen LogP contribution is -2.35. The molecule has 1 amide bonds. The number of hydrogen-bond acceptors (Lipinski definition) is 5. The topological polar surface area (TPSA) is 97.8 Å². The van der Waals surface area contributed by atoms with Gasteiger partial charge >= 0.3 is 6.18 Å². The molecule has 0 spiro atoms. The molecule has 0 fully saturated rings. The number of nitrogens with zero attached hydrogens (tertiary/aromatic N) is 3. The van der Waals surface area contributed by atoms with Crippen LogP contribution in [0.4, 0.5) is 13.2 Å². The van der Waals surface area contributed by atoms with Gasteiger partial charge in [0.2, 0.25) is 0 Å². The van der Waals surface area contributed by atoms with Gasteiger partial charge in [-0.05, 0) is 57.1 Å². The maximum absolute atomic E-state index is 12.9. The fourth-order valence-electron chi connectivity index (χ4n) is 3.29. The number of alkyl halides is 3. The second-order valence-corrected chi connectivity index (χ2v) is 8.98. The number of aliphatic hydroxyl groups is 2. The highest BCUT2D eigenvalue weighted by molar-refractivity contribution is 6.10. The minimum absolute atomic E-state index is 0.270. The first-order chi connectivity index (χ1) is 14.6. The summed E-state index contributed by atoms with van der Waals surface area (Å²) in [5.74, 6) is -1.12. The summed E-state index contributed by atoms with van der Waals surface area (Å²) in [7, 11) is 0. The second kappa shape index (κ2) is 8.25. The number of halogens is 3. The molecular weight excluding hydrogens is 425 g/mol. The summed E-state index contributed by atoms with van der Waals surface area (Å²) in [5.41, 5.74) is -2.48. The minimum atomic E-state index is -4.67. The first kappa shape index (κ1) is 23.8. The van der Waals surface area contributed by atoms with Crippen molar-refractivity contribution in [1.29, 1.82) is 0 Å². The molecule has 10 heteroatoms. The Bertz CT molecular complexity index is 1040. The van der Waals surface area contributed by atoms with Crippen LogP contribution >= 0.6 is 0 Å². The SMILES string of the molecule is CC(C)(O)CC[N+]1=CC2C=C(NC(=O)c3cccc(C(F)(F)F)n3)C(C(C)(C)O)=CC2=N1. The lowest BCUT2D eigenvalue weighted by molar-refractivity contribution is -0.529. The number of carbonyl (C=O) groups is 1. The average molecular weight is 451 g/mol. The van der Waals surface area contributed by atoms with Gasteiger partial charge < -0.3 is 15.5 Å². The second-order valence-electron chi connectivity index (χ2n) is 8.98. The van der Waals surface area contributed by atoms with Gasteiger partial charge in [-0.3, -0.25) is 4.79 Å². The molecule has 1 aromatic rings. The van der Waals surface area contributed by atoms with E-state index in [1.54, 1.807) is 30.7 Å². The Balaban J connectivity index is 1.87. The normalized spacial score (nSPS) is 19.0. The molecule has 32 heavy (non-hydrogen) atoms. The van der Waals surface area contributed by atoms with Gasteiger partial charge in [-0.15, -0.1) is 0 Å². The predicted molar refractivity (Wildman–Crippen MR) is 112 cm³/mol. The van der Waals surface area contributed by atoms with Gasteiger partial charge in [-0.2, -0.15) is 13.2 Å². The fourth-order valence-corrected chi connectivity index (χ4v) is 3.29. The molecule has 2 aliphatic rings. The van der Waals surface area contributed by atoms with Gasteiger partial charge in [0.05, 0.1) is 11.2 Å². The molecular formula is C22H26F3N4O3+. The first-order valence-corrected chi connectivity index (χ1v) is 10.1. The van der Waals surface area contributed by atoms with Crippen molar-refractivity contribution in [2.24, 2.45) is 11.0 Å². The maximum atomic E-state index is 12.9. The Hall–Kier alpha value is -2.85. The third-order valence-electron chi connectivity index (χ3n) is 4.98. The zero-order valence-corrected chi connectivity index (χ0v) is 18.2. The lowest BCUT2D eigenvalue weighted by Gasteiger charge is -2.27. The van der Waals surface area contributed by atoms with Crippen molar-refractivity contribution in [1.82, 2.24) is 10.3 Å². The van der Waals surface area contributed by atoms with Crippen LogP contribution in [-0.2, 0) is 6.18 Å². The highest BCUT2D eigenvalue weighted by Crippen LogP contribution is 2.30. The summed E-state index contributed by atoms with van der Waals surface area (Å²) in [4.78, 5) is 16.1. The van der Waals surface area contributed by atoms with Crippen LogP contribution in [0, 0.1) is 5.92 Å². The Morgan fingerprint density at radius 2 is 1.88 bits per heavy atom. The summed E-state index contributed by atoms with van der Waals surface area (Å²) in [6, 6.07) is 3.09. The summed E-state index contributed by atoms with van der Waals surface area (Å²) >= 11 is 0. The van der Waals surface area contributed by atoms with Crippen molar-refractivity contribution < 1.29 is 32.9 Å². The van der Waals surface area contributed by atoms with Crippen LogP contribution < -0.4 is 5.32 Å². The fraction of sp³-hybridized carbons (Fsp3) is 0.455. The van der Waals surface area contributed by atoms with E-state index in [4.69, 9.17) is 0 Å².